The van der Waals surface area contributed by atoms with Gasteiger partial charge in [0.1, 0.15) is 17.1 Å². The number of nitrogens with one attached hydrogen (secondary N) is 1. The maximum Gasteiger partial charge on any atom is 0.340 e. The molecule has 0 bridgehead atoms. The van der Waals surface area contributed by atoms with Crippen molar-refractivity contribution in [2.45, 2.75) is 25.5 Å². The molecule has 1 fully saturated rings. The number of sulfone groups is 1. The van der Waals surface area contributed by atoms with Crippen molar-refractivity contribution in [3.05, 3.63) is 33.7 Å². The van der Waals surface area contributed by atoms with Gasteiger partial charge in [-0.2, -0.15) is 0 Å². The van der Waals surface area contributed by atoms with Gasteiger partial charge in [0, 0.05) is 12.1 Å². The van der Waals surface area contributed by atoms with Gasteiger partial charge in [-0.25, -0.2) is 13.2 Å². The highest BCUT2D eigenvalue weighted by Gasteiger charge is 2.37. The van der Waals surface area contributed by atoms with Crippen LogP contribution in [-0.4, -0.2) is 57.3 Å². The third kappa shape index (κ3) is 3.83. The molecular formula is C18H21NO8S. The van der Waals surface area contributed by atoms with Crippen molar-refractivity contribution in [2.75, 3.05) is 25.7 Å². The fraction of sp³-hybridized carbons (Fsp3) is 0.444. The van der Waals surface area contributed by atoms with Crippen LogP contribution in [0.25, 0.3) is 11.0 Å². The highest BCUT2D eigenvalue weighted by molar-refractivity contribution is 7.91. The largest absolute Gasteiger partial charge is 0.496 e. The number of carbonyl (C=O) groups is 1. The number of methoxy groups -OCH3 is 2. The maximum absolute atomic E-state index is 12.4. The summed E-state index contributed by atoms with van der Waals surface area (Å²) < 4.78 is 39.0. The number of hydrogen-bond acceptors (Lipinski definition) is 8. The first-order chi connectivity index (χ1) is 13.1. The molecule has 2 aromatic rings. The molecule has 2 atom stereocenters. The number of aliphatic hydroxyl groups is 1. The zero-order valence-corrected chi connectivity index (χ0v) is 16.5. The lowest BCUT2D eigenvalue weighted by molar-refractivity contribution is -0.121. The van der Waals surface area contributed by atoms with Crippen molar-refractivity contribution in [1.29, 1.82) is 0 Å². The van der Waals surface area contributed by atoms with Crippen LogP contribution in [0.15, 0.2) is 21.3 Å². The summed E-state index contributed by atoms with van der Waals surface area (Å²) in [5, 5.41) is 12.8. The van der Waals surface area contributed by atoms with Gasteiger partial charge < -0.3 is 24.3 Å². The summed E-state index contributed by atoms with van der Waals surface area (Å²) in [7, 11) is -0.458. The fourth-order valence-electron chi connectivity index (χ4n) is 3.35. The molecule has 2 heterocycles. The van der Waals surface area contributed by atoms with E-state index >= 15 is 0 Å². The number of fused-ring (bicyclic) bond motifs is 1. The van der Waals surface area contributed by atoms with E-state index in [2.05, 4.69) is 5.32 Å². The average molecular weight is 411 g/mol. The topological polar surface area (TPSA) is 132 Å². The molecule has 1 aliphatic heterocycles. The molecule has 152 valence electrons. The van der Waals surface area contributed by atoms with Crippen LogP contribution < -0.4 is 20.4 Å². The Labute approximate surface area is 161 Å². The van der Waals surface area contributed by atoms with Crippen molar-refractivity contribution in [2.24, 2.45) is 0 Å². The highest BCUT2D eigenvalue weighted by atomic mass is 32.2. The van der Waals surface area contributed by atoms with E-state index in [0.717, 1.165) is 0 Å². The quantitative estimate of drug-likeness (QED) is 0.654. The molecule has 0 radical (unpaired) electrons. The van der Waals surface area contributed by atoms with Crippen LogP contribution in [0.5, 0.6) is 11.5 Å². The molecule has 1 aromatic heterocycles. The zero-order chi connectivity index (χ0) is 20.6. The number of hydrogen-bond donors (Lipinski definition) is 2. The second kappa shape index (κ2) is 7.44. The molecule has 1 saturated heterocycles. The third-order valence-electron chi connectivity index (χ3n) is 4.78. The van der Waals surface area contributed by atoms with Gasteiger partial charge in [0.05, 0.1) is 55.2 Å². The third-order valence-corrected chi connectivity index (χ3v) is 6.49. The Morgan fingerprint density at radius 2 is 2.00 bits per heavy atom. The smallest absolute Gasteiger partial charge is 0.340 e. The van der Waals surface area contributed by atoms with Gasteiger partial charge in [-0.05, 0) is 12.5 Å². The molecule has 1 aromatic carbocycles. The van der Waals surface area contributed by atoms with Gasteiger partial charge in [-0.15, -0.1) is 0 Å². The van der Waals surface area contributed by atoms with Gasteiger partial charge in [-0.1, -0.05) is 0 Å². The standard InChI is InChI=1S/C18H21NO8S/c1-9-11(6-16(21)19-12-7-28(23,24)8-13(12)20)18(22)27-15-5-10(25-2)4-14(26-3)17(9)15/h4-5,12-13,20H,6-8H2,1-3H3,(H,19,21)/t12-,13+/m1/s1. The van der Waals surface area contributed by atoms with Gasteiger partial charge in [0.15, 0.2) is 9.84 Å². The lowest BCUT2D eigenvalue weighted by Gasteiger charge is -2.16. The van der Waals surface area contributed by atoms with Gasteiger partial charge in [0.2, 0.25) is 5.91 Å². The van der Waals surface area contributed by atoms with Gasteiger partial charge >= 0.3 is 5.63 Å². The molecule has 0 unspecified atom stereocenters. The van der Waals surface area contributed by atoms with Crippen LogP contribution in [0.1, 0.15) is 11.1 Å². The first-order valence-corrected chi connectivity index (χ1v) is 10.3. The van der Waals surface area contributed by atoms with E-state index in [0.29, 0.717) is 22.4 Å². The van der Waals surface area contributed by atoms with Crippen molar-refractivity contribution < 1.29 is 32.2 Å². The average Bonchev–Trinajstić information content (AvgIpc) is 2.88. The van der Waals surface area contributed by atoms with Crippen molar-refractivity contribution >= 4 is 26.7 Å². The van der Waals surface area contributed by atoms with Crippen LogP contribution in [0.3, 0.4) is 0 Å². The molecule has 28 heavy (non-hydrogen) atoms. The Kier molecular flexibility index (Phi) is 5.35. The molecule has 3 rings (SSSR count). The summed E-state index contributed by atoms with van der Waals surface area (Å²) in [5.74, 6) is -0.431. The lowest BCUT2D eigenvalue weighted by atomic mass is 10.0. The van der Waals surface area contributed by atoms with Crippen molar-refractivity contribution in [3.63, 3.8) is 0 Å². The SMILES string of the molecule is COc1cc(OC)c2c(C)c(CC(=O)N[C@@H]3CS(=O)(=O)C[C@@H]3O)c(=O)oc2c1. The normalized spacial score (nSPS) is 20.9. The fourth-order valence-corrected chi connectivity index (χ4v) is 5.09. The summed E-state index contributed by atoms with van der Waals surface area (Å²) in [4.78, 5) is 24.8. The predicted molar refractivity (Wildman–Crippen MR) is 101 cm³/mol. The molecule has 10 heteroatoms. The minimum absolute atomic E-state index is 0.129. The Morgan fingerprint density at radius 1 is 1.29 bits per heavy atom. The Hall–Kier alpha value is -2.59. The Balaban J connectivity index is 1.93. The van der Waals surface area contributed by atoms with Crippen molar-refractivity contribution in [1.82, 2.24) is 5.32 Å². The van der Waals surface area contributed by atoms with E-state index in [4.69, 9.17) is 13.9 Å². The van der Waals surface area contributed by atoms with E-state index in [9.17, 15) is 23.1 Å². The van der Waals surface area contributed by atoms with E-state index in [-0.39, 0.29) is 23.3 Å². The molecule has 2 N–H and O–H groups in total. The highest BCUT2D eigenvalue weighted by Crippen LogP contribution is 2.33. The predicted octanol–water partition coefficient (Wildman–Crippen LogP) is -0.0648. The van der Waals surface area contributed by atoms with Crippen LogP contribution in [0.2, 0.25) is 0 Å². The van der Waals surface area contributed by atoms with Crippen LogP contribution in [0, 0.1) is 6.92 Å². The van der Waals surface area contributed by atoms with E-state index in [1.165, 1.54) is 14.2 Å². The first kappa shape index (κ1) is 20.2. The summed E-state index contributed by atoms with van der Waals surface area (Å²) in [5.41, 5.74) is 0.222. The Bertz CT molecular complexity index is 1090. The van der Waals surface area contributed by atoms with Crippen LogP contribution >= 0.6 is 0 Å². The zero-order valence-electron chi connectivity index (χ0n) is 15.6. The molecule has 9 nitrogen and oxygen atoms in total. The summed E-state index contributed by atoms with van der Waals surface area (Å²) in [6, 6.07) is 2.29. The summed E-state index contributed by atoms with van der Waals surface area (Å²) in [6.45, 7) is 1.67. The van der Waals surface area contributed by atoms with Crippen LogP contribution in [-0.2, 0) is 21.1 Å². The molecule has 1 amide bonds. The lowest BCUT2D eigenvalue weighted by Crippen LogP contribution is -2.43. The minimum atomic E-state index is -3.40. The molecule has 0 saturated carbocycles. The molecule has 0 spiro atoms. The molecular weight excluding hydrogens is 390 g/mol. The van der Waals surface area contributed by atoms with E-state index in [1.54, 1.807) is 19.1 Å². The van der Waals surface area contributed by atoms with E-state index < -0.39 is 39.3 Å². The number of aryl methyl sites for hydroxylation is 1. The minimum Gasteiger partial charge on any atom is -0.496 e. The molecule has 0 aliphatic carbocycles. The first-order valence-electron chi connectivity index (χ1n) is 8.51. The number of amides is 1. The second-order valence-corrected chi connectivity index (χ2v) is 8.84. The summed E-state index contributed by atoms with van der Waals surface area (Å²) >= 11 is 0. The number of carbonyl (C=O) groups excluding carboxylic acids is 1. The number of rotatable bonds is 5. The summed E-state index contributed by atoms with van der Waals surface area (Å²) in [6.07, 6.45) is -1.49. The van der Waals surface area contributed by atoms with Crippen molar-refractivity contribution in [3.8, 4) is 11.5 Å². The van der Waals surface area contributed by atoms with E-state index in [1.807, 2.05) is 0 Å². The monoisotopic (exact) mass is 411 g/mol. The Morgan fingerprint density at radius 3 is 2.57 bits per heavy atom. The second-order valence-electron chi connectivity index (χ2n) is 6.69. The number of benzene rings is 1. The van der Waals surface area contributed by atoms with Gasteiger partial charge in [0.25, 0.3) is 0 Å². The molecule has 1 aliphatic rings. The number of ether oxygens (including phenoxy) is 2. The number of aliphatic hydroxyl groups excluding tert-OH is 1. The van der Waals surface area contributed by atoms with Gasteiger partial charge in [-0.3, -0.25) is 4.79 Å². The van der Waals surface area contributed by atoms with Crippen LogP contribution in [0.4, 0.5) is 0 Å². The maximum atomic E-state index is 12.4.